The van der Waals surface area contributed by atoms with Crippen molar-refractivity contribution >= 4 is 23.3 Å². The number of carbonyl (C=O) groups is 1. The van der Waals surface area contributed by atoms with Crippen LogP contribution in [-0.4, -0.2) is 22.7 Å². The summed E-state index contributed by atoms with van der Waals surface area (Å²) in [5.74, 6) is 0. The molecule has 24 heavy (non-hydrogen) atoms. The van der Waals surface area contributed by atoms with Crippen LogP contribution >= 0.6 is 11.6 Å². The second kappa shape index (κ2) is 8.13. The maximum atomic E-state index is 12.0. The molecule has 0 saturated carbocycles. The molecule has 2 amide bonds. The van der Waals surface area contributed by atoms with Crippen LogP contribution in [-0.2, 0) is 5.60 Å². The Morgan fingerprint density at radius 1 is 1.25 bits per heavy atom. The second-order valence-electron chi connectivity index (χ2n) is 5.70. The first-order chi connectivity index (χ1) is 11.4. The molecular formula is C18H22ClN3O2. The highest BCUT2D eigenvalue weighted by Gasteiger charge is 2.30. The van der Waals surface area contributed by atoms with Crippen molar-refractivity contribution in [2.75, 3.05) is 11.9 Å². The molecule has 0 radical (unpaired) electrons. The molecule has 6 heteroatoms. The molecule has 0 spiro atoms. The number of aromatic nitrogens is 1. The fourth-order valence-corrected chi connectivity index (χ4v) is 2.50. The fourth-order valence-electron chi connectivity index (χ4n) is 2.35. The number of nitrogens with one attached hydrogen (secondary N) is 2. The summed E-state index contributed by atoms with van der Waals surface area (Å²) in [7, 11) is 0. The monoisotopic (exact) mass is 347 g/mol. The molecular weight excluding hydrogens is 326 g/mol. The van der Waals surface area contributed by atoms with Crippen molar-refractivity contribution in [1.82, 2.24) is 10.3 Å². The standard InChI is InChI=1S/C18H22ClN3O2/c1-3-4-12-20-17(23)21-14-10-11-15(19)22-16(14)18(2,24)13-8-6-5-7-9-13/h5-11,24H,3-4,12H2,1-2H3,(H2,20,21,23). The van der Waals surface area contributed by atoms with Gasteiger partial charge in [0.2, 0.25) is 0 Å². The number of amides is 2. The summed E-state index contributed by atoms with van der Waals surface area (Å²) >= 11 is 6.00. The van der Waals surface area contributed by atoms with E-state index in [9.17, 15) is 9.90 Å². The van der Waals surface area contributed by atoms with Gasteiger partial charge in [0.05, 0.1) is 5.69 Å². The molecule has 2 rings (SSSR count). The quantitative estimate of drug-likeness (QED) is 0.547. The summed E-state index contributed by atoms with van der Waals surface area (Å²) in [6.45, 7) is 4.27. The molecule has 1 unspecified atom stereocenters. The predicted molar refractivity (Wildman–Crippen MR) is 96.3 cm³/mol. The zero-order valence-electron chi connectivity index (χ0n) is 13.8. The van der Waals surface area contributed by atoms with E-state index in [0.29, 0.717) is 23.5 Å². The van der Waals surface area contributed by atoms with Gasteiger partial charge in [0.15, 0.2) is 0 Å². The van der Waals surface area contributed by atoms with Crippen LogP contribution in [0.2, 0.25) is 5.15 Å². The number of halogens is 1. The van der Waals surface area contributed by atoms with Crippen molar-refractivity contribution in [3.63, 3.8) is 0 Å². The van der Waals surface area contributed by atoms with E-state index in [2.05, 4.69) is 22.5 Å². The summed E-state index contributed by atoms with van der Waals surface area (Å²) in [4.78, 5) is 16.3. The van der Waals surface area contributed by atoms with Gasteiger partial charge in [-0.2, -0.15) is 0 Å². The first kappa shape index (κ1) is 18.2. The zero-order chi connectivity index (χ0) is 17.6. The predicted octanol–water partition coefficient (Wildman–Crippen LogP) is 3.91. The fraction of sp³-hybridized carbons (Fsp3) is 0.333. The van der Waals surface area contributed by atoms with E-state index in [1.807, 2.05) is 18.2 Å². The van der Waals surface area contributed by atoms with Crippen molar-refractivity contribution < 1.29 is 9.90 Å². The lowest BCUT2D eigenvalue weighted by atomic mass is 9.91. The first-order valence-electron chi connectivity index (χ1n) is 7.95. The first-order valence-corrected chi connectivity index (χ1v) is 8.32. The van der Waals surface area contributed by atoms with Crippen molar-refractivity contribution in [3.8, 4) is 0 Å². The van der Waals surface area contributed by atoms with Gasteiger partial charge in [-0.1, -0.05) is 55.3 Å². The van der Waals surface area contributed by atoms with E-state index < -0.39 is 5.60 Å². The minimum absolute atomic E-state index is 0.248. The van der Waals surface area contributed by atoms with Crippen LogP contribution in [0.4, 0.5) is 10.5 Å². The molecule has 1 heterocycles. The van der Waals surface area contributed by atoms with Gasteiger partial charge >= 0.3 is 6.03 Å². The van der Waals surface area contributed by atoms with Crippen LogP contribution in [0.15, 0.2) is 42.5 Å². The van der Waals surface area contributed by atoms with E-state index in [0.717, 1.165) is 12.8 Å². The van der Waals surface area contributed by atoms with Gasteiger partial charge in [-0.3, -0.25) is 0 Å². The maximum Gasteiger partial charge on any atom is 0.319 e. The Labute approximate surface area is 147 Å². The molecule has 2 aromatic rings. The van der Waals surface area contributed by atoms with E-state index >= 15 is 0 Å². The number of anilines is 1. The number of rotatable bonds is 6. The van der Waals surface area contributed by atoms with E-state index in [1.165, 1.54) is 0 Å². The number of hydrogen-bond donors (Lipinski definition) is 3. The van der Waals surface area contributed by atoms with Crippen molar-refractivity contribution in [3.05, 3.63) is 58.9 Å². The number of hydrogen-bond acceptors (Lipinski definition) is 3. The lowest BCUT2D eigenvalue weighted by Gasteiger charge is -2.26. The zero-order valence-corrected chi connectivity index (χ0v) is 14.6. The average Bonchev–Trinajstić information content (AvgIpc) is 2.57. The van der Waals surface area contributed by atoms with Gasteiger partial charge in [0, 0.05) is 6.54 Å². The summed E-state index contributed by atoms with van der Waals surface area (Å²) < 4.78 is 0. The van der Waals surface area contributed by atoms with Crippen LogP contribution in [0.25, 0.3) is 0 Å². The van der Waals surface area contributed by atoms with E-state index in [1.54, 1.807) is 31.2 Å². The van der Waals surface area contributed by atoms with Crippen LogP contribution < -0.4 is 10.6 Å². The molecule has 0 saturated heterocycles. The van der Waals surface area contributed by atoms with Gasteiger partial charge in [-0.25, -0.2) is 9.78 Å². The molecule has 3 N–H and O–H groups in total. The van der Waals surface area contributed by atoms with E-state index in [-0.39, 0.29) is 11.2 Å². The Balaban J connectivity index is 2.29. The third kappa shape index (κ3) is 4.46. The van der Waals surface area contributed by atoms with Gasteiger partial charge in [0.1, 0.15) is 16.4 Å². The number of nitrogens with zero attached hydrogens (tertiary/aromatic N) is 1. The van der Waals surface area contributed by atoms with E-state index in [4.69, 9.17) is 11.6 Å². The van der Waals surface area contributed by atoms with Crippen molar-refractivity contribution in [2.24, 2.45) is 0 Å². The summed E-state index contributed by atoms with van der Waals surface area (Å²) in [6.07, 6.45) is 1.90. The lowest BCUT2D eigenvalue weighted by Crippen LogP contribution is -2.32. The molecule has 1 atom stereocenters. The number of benzene rings is 1. The van der Waals surface area contributed by atoms with Crippen LogP contribution in [0.5, 0.6) is 0 Å². The highest BCUT2D eigenvalue weighted by molar-refractivity contribution is 6.29. The van der Waals surface area contributed by atoms with Crippen LogP contribution in [0.3, 0.4) is 0 Å². The highest BCUT2D eigenvalue weighted by atomic mass is 35.5. The van der Waals surface area contributed by atoms with Crippen LogP contribution in [0, 0.1) is 0 Å². The molecule has 5 nitrogen and oxygen atoms in total. The molecule has 1 aromatic carbocycles. The number of pyridine rings is 1. The Hall–Kier alpha value is -2.11. The SMILES string of the molecule is CCCCNC(=O)Nc1ccc(Cl)nc1C(C)(O)c1ccccc1. The van der Waals surface area contributed by atoms with Crippen molar-refractivity contribution in [2.45, 2.75) is 32.3 Å². The second-order valence-corrected chi connectivity index (χ2v) is 6.09. The molecule has 128 valence electrons. The molecule has 0 bridgehead atoms. The number of carbonyl (C=O) groups excluding carboxylic acids is 1. The Bertz CT molecular complexity index is 690. The normalized spacial score (nSPS) is 13.2. The van der Waals surface area contributed by atoms with Crippen LogP contribution in [0.1, 0.15) is 37.9 Å². The van der Waals surface area contributed by atoms with Gasteiger partial charge in [0.25, 0.3) is 0 Å². The smallest absolute Gasteiger partial charge is 0.319 e. The minimum Gasteiger partial charge on any atom is -0.379 e. The minimum atomic E-state index is -1.39. The third-order valence-corrected chi connectivity index (χ3v) is 3.93. The summed E-state index contributed by atoms with van der Waals surface area (Å²) in [5.41, 5.74) is -0.0126. The Morgan fingerprint density at radius 2 is 1.96 bits per heavy atom. The van der Waals surface area contributed by atoms with Crippen molar-refractivity contribution in [1.29, 1.82) is 0 Å². The van der Waals surface area contributed by atoms with Gasteiger partial charge in [-0.15, -0.1) is 0 Å². The molecule has 0 aliphatic heterocycles. The molecule has 0 aliphatic rings. The molecule has 1 aromatic heterocycles. The van der Waals surface area contributed by atoms with Gasteiger partial charge in [-0.05, 0) is 31.0 Å². The Kier molecular flexibility index (Phi) is 6.17. The average molecular weight is 348 g/mol. The Morgan fingerprint density at radius 3 is 2.62 bits per heavy atom. The summed E-state index contributed by atoms with van der Waals surface area (Å²) in [5, 5.41) is 16.8. The lowest BCUT2D eigenvalue weighted by molar-refractivity contribution is 0.0982. The highest BCUT2D eigenvalue weighted by Crippen LogP contribution is 2.33. The molecule has 0 aliphatic carbocycles. The molecule has 0 fully saturated rings. The maximum absolute atomic E-state index is 12.0. The number of urea groups is 1. The van der Waals surface area contributed by atoms with Gasteiger partial charge < -0.3 is 15.7 Å². The number of aliphatic hydroxyl groups is 1. The largest absolute Gasteiger partial charge is 0.379 e. The topological polar surface area (TPSA) is 74.2 Å². The summed E-state index contributed by atoms with van der Waals surface area (Å²) in [6, 6.07) is 12.0. The third-order valence-electron chi connectivity index (χ3n) is 3.72. The number of unbranched alkanes of at least 4 members (excludes halogenated alkanes) is 1.